The number of hydrogen-bond donors (Lipinski definition) is 2. The fourth-order valence-electron chi connectivity index (χ4n) is 3.79. The van der Waals surface area contributed by atoms with Crippen LogP contribution < -0.4 is 10.6 Å². The van der Waals surface area contributed by atoms with Gasteiger partial charge in [0, 0.05) is 22.7 Å². The van der Waals surface area contributed by atoms with Gasteiger partial charge in [-0.15, -0.1) is 0 Å². The summed E-state index contributed by atoms with van der Waals surface area (Å²) in [5.74, 6) is -3.54. The Kier molecular flexibility index (Phi) is 8.92. The largest absolute Gasteiger partial charge is 0.466 e. The second kappa shape index (κ2) is 11.9. The Hall–Kier alpha value is -3.07. The molecule has 0 heterocycles. The van der Waals surface area contributed by atoms with Crippen molar-refractivity contribution >= 4 is 35.1 Å². The van der Waals surface area contributed by atoms with Gasteiger partial charge in [-0.3, -0.25) is 14.9 Å². The molecule has 2 aromatic rings. The summed E-state index contributed by atoms with van der Waals surface area (Å²) in [4.78, 5) is 28.9. The standard InChI is InChI=1S/C24H25ClF3N3O3/c1-2-34-22(32)9-14-3-6-18(7-4-14)29-24(30-19-12-16(25)11-17(26)13-19)31-23(33)15-5-8-20(27)21(28)10-15/h5,8,10-14,18H,2-4,6-7,9H2,1H3,(H2,29,30,31,33). The minimum atomic E-state index is -1.16. The van der Waals surface area contributed by atoms with Crippen molar-refractivity contribution in [3.63, 3.8) is 0 Å². The van der Waals surface area contributed by atoms with Gasteiger partial charge in [0.25, 0.3) is 5.91 Å². The first-order valence-electron chi connectivity index (χ1n) is 11.0. The molecule has 0 aliphatic heterocycles. The van der Waals surface area contributed by atoms with Crippen molar-refractivity contribution in [2.75, 3.05) is 11.9 Å². The highest BCUT2D eigenvalue weighted by Crippen LogP contribution is 2.29. The highest BCUT2D eigenvalue weighted by molar-refractivity contribution is 6.31. The van der Waals surface area contributed by atoms with Gasteiger partial charge < -0.3 is 10.1 Å². The summed E-state index contributed by atoms with van der Waals surface area (Å²) in [7, 11) is 0. The minimum absolute atomic E-state index is 0.0187. The normalized spacial score (nSPS) is 18.3. The molecule has 2 N–H and O–H groups in total. The van der Waals surface area contributed by atoms with E-state index in [1.165, 1.54) is 12.1 Å². The molecule has 0 saturated heterocycles. The molecule has 6 nitrogen and oxygen atoms in total. The lowest BCUT2D eigenvalue weighted by Gasteiger charge is -2.26. The predicted molar refractivity (Wildman–Crippen MR) is 123 cm³/mol. The fraction of sp³-hybridized carbons (Fsp3) is 0.375. The van der Waals surface area contributed by atoms with Crippen molar-refractivity contribution in [3.05, 3.63) is 64.4 Å². The van der Waals surface area contributed by atoms with Crippen LogP contribution in [0.4, 0.5) is 18.9 Å². The Balaban J connectivity index is 1.74. The number of halogens is 4. The summed E-state index contributed by atoms with van der Waals surface area (Å²) >= 11 is 5.92. The number of amides is 1. The number of esters is 1. The van der Waals surface area contributed by atoms with Crippen molar-refractivity contribution in [3.8, 4) is 0 Å². The zero-order valence-corrected chi connectivity index (χ0v) is 19.3. The van der Waals surface area contributed by atoms with E-state index in [1.807, 2.05) is 0 Å². The van der Waals surface area contributed by atoms with E-state index in [1.54, 1.807) is 6.92 Å². The number of rotatable bonds is 6. The van der Waals surface area contributed by atoms with Gasteiger partial charge in [-0.2, -0.15) is 0 Å². The lowest BCUT2D eigenvalue weighted by Crippen LogP contribution is -2.37. The molecule has 1 aliphatic carbocycles. The van der Waals surface area contributed by atoms with E-state index in [-0.39, 0.29) is 40.2 Å². The van der Waals surface area contributed by atoms with Crippen LogP contribution in [0.2, 0.25) is 5.02 Å². The molecule has 0 bridgehead atoms. The lowest BCUT2D eigenvalue weighted by atomic mass is 9.84. The van der Waals surface area contributed by atoms with E-state index in [0.717, 1.165) is 37.1 Å². The third-order valence-corrected chi connectivity index (χ3v) is 5.65. The summed E-state index contributed by atoms with van der Waals surface area (Å²) in [6.45, 7) is 2.10. The molecular formula is C24H25ClF3N3O3. The van der Waals surface area contributed by atoms with Gasteiger partial charge in [-0.25, -0.2) is 18.2 Å². The van der Waals surface area contributed by atoms with Crippen LogP contribution in [-0.4, -0.2) is 30.5 Å². The summed E-state index contributed by atoms with van der Waals surface area (Å²) in [6.07, 6.45) is 3.19. The van der Waals surface area contributed by atoms with Crippen LogP contribution in [0.15, 0.2) is 41.4 Å². The van der Waals surface area contributed by atoms with Crippen molar-refractivity contribution < 1.29 is 27.5 Å². The molecule has 182 valence electrons. The van der Waals surface area contributed by atoms with E-state index in [2.05, 4.69) is 15.6 Å². The average molecular weight is 496 g/mol. The van der Waals surface area contributed by atoms with Crippen molar-refractivity contribution in [2.45, 2.75) is 45.1 Å². The zero-order chi connectivity index (χ0) is 24.7. The topological polar surface area (TPSA) is 79.8 Å². The first-order chi connectivity index (χ1) is 16.2. The van der Waals surface area contributed by atoms with Gasteiger partial charge in [-0.05, 0) is 74.9 Å². The number of guanidine groups is 1. The highest BCUT2D eigenvalue weighted by Gasteiger charge is 2.24. The quantitative estimate of drug-likeness (QED) is 0.316. The maximum absolute atomic E-state index is 13.8. The smallest absolute Gasteiger partial charge is 0.306 e. The Morgan fingerprint density at radius 2 is 1.79 bits per heavy atom. The predicted octanol–water partition coefficient (Wildman–Crippen LogP) is 5.47. The highest BCUT2D eigenvalue weighted by atomic mass is 35.5. The third-order valence-electron chi connectivity index (χ3n) is 5.43. The molecule has 2 aromatic carbocycles. The van der Waals surface area contributed by atoms with E-state index in [4.69, 9.17) is 16.3 Å². The number of aliphatic imine (C=N–C) groups is 1. The maximum atomic E-state index is 13.8. The number of benzene rings is 2. The molecule has 10 heteroatoms. The van der Waals surface area contributed by atoms with Gasteiger partial charge in [-0.1, -0.05) is 11.6 Å². The Morgan fingerprint density at radius 3 is 2.44 bits per heavy atom. The number of ether oxygens (including phenoxy) is 1. The molecule has 0 spiro atoms. The van der Waals surface area contributed by atoms with E-state index in [9.17, 15) is 22.8 Å². The first kappa shape index (κ1) is 25.6. The van der Waals surface area contributed by atoms with Crippen LogP contribution >= 0.6 is 11.6 Å². The van der Waals surface area contributed by atoms with Crippen LogP contribution in [0.25, 0.3) is 0 Å². The summed E-state index contributed by atoms with van der Waals surface area (Å²) in [5.41, 5.74) is 0.147. The molecule has 0 unspecified atom stereocenters. The number of nitrogens with zero attached hydrogens (tertiary/aromatic N) is 1. The van der Waals surface area contributed by atoms with Crippen LogP contribution in [0.5, 0.6) is 0 Å². The molecule has 3 rings (SSSR count). The van der Waals surface area contributed by atoms with Crippen molar-refractivity contribution in [1.29, 1.82) is 0 Å². The number of anilines is 1. The second-order valence-corrected chi connectivity index (χ2v) is 8.46. The summed E-state index contributed by atoms with van der Waals surface area (Å²) in [5, 5.41) is 5.54. The molecular weight excluding hydrogens is 471 g/mol. The van der Waals surface area contributed by atoms with Crippen LogP contribution in [-0.2, 0) is 9.53 Å². The fourth-order valence-corrected chi connectivity index (χ4v) is 4.01. The zero-order valence-electron chi connectivity index (χ0n) is 18.5. The molecule has 34 heavy (non-hydrogen) atoms. The maximum Gasteiger partial charge on any atom is 0.306 e. The second-order valence-electron chi connectivity index (χ2n) is 8.03. The Bertz CT molecular complexity index is 1050. The first-order valence-corrected chi connectivity index (χ1v) is 11.3. The van der Waals surface area contributed by atoms with E-state index in [0.29, 0.717) is 25.9 Å². The van der Waals surface area contributed by atoms with Gasteiger partial charge >= 0.3 is 5.97 Å². The molecule has 1 amide bonds. The summed E-state index contributed by atoms with van der Waals surface area (Å²) < 4.78 is 45.6. The Labute approximate surface area is 200 Å². The third kappa shape index (κ3) is 7.48. The molecule has 0 atom stereocenters. The molecule has 0 aromatic heterocycles. The van der Waals surface area contributed by atoms with Gasteiger partial charge in [0.1, 0.15) is 5.82 Å². The van der Waals surface area contributed by atoms with E-state index >= 15 is 0 Å². The molecule has 1 saturated carbocycles. The number of nitrogens with one attached hydrogen (secondary N) is 2. The number of carbonyl (C=O) groups excluding carboxylic acids is 2. The summed E-state index contributed by atoms with van der Waals surface area (Å²) in [6, 6.07) is 6.38. The monoisotopic (exact) mass is 495 g/mol. The lowest BCUT2D eigenvalue weighted by molar-refractivity contribution is -0.144. The van der Waals surface area contributed by atoms with Crippen LogP contribution in [0.1, 0.15) is 49.4 Å². The van der Waals surface area contributed by atoms with Crippen molar-refractivity contribution in [2.24, 2.45) is 10.9 Å². The molecule has 1 aliphatic rings. The van der Waals surface area contributed by atoms with Gasteiger partial charge in [0.2, 0.25) is 5.96 Å². The number of carbonyl (C=O) groups is 2. The van der Waals surface area contributed by atoms with Gasteiger partial charge in [0.15, 0.2) is 11.6 Å². The Morgan fingerprint density at radius 1 is 1.06 bits per heavy atom. The van der Waals surface area contributed by atoms with Crippen molar-refractivity contribution in [1.82, 2.24) is 5.32 Å². The van der Waals surface area contributed by atoms with Crippen LogP contribution in [0, 0.1) is 23.4 Å². The average Bonchev–Trinajstić information content (AvgIpc) is 2.76. The van der Waals surface area contributed by atoms with Gasteiger partial charge in [0.05, 0.1) is 12.6 Å². The molecule has 1 fully saturated rings. The minimum Gasteiger partial charge on any atom is -0.466 e. The van der Waals surface area contributed by atoms with Crippen LogP contribution in [0.3, 0.4) is 0 Å². The van der Waals surface area contributed by atoms with E-state index < -0.39 is 23.4 Å². The number of hydrogen-bond acceptors (Lipinski definition) is 4. The molecule has 0 radical (unpaired) electrons. The SMILES string of the molecule is CCOC(=O)CC1CCC(N=C(NC(=O)c2ccc(F)c(F)c2)Nc2cc(F)cc(Cl)c2)CC1.